The Hall–Kier alpha value is -3.21. The Morgan fingerprint density at radius 3 is 2.25 bits per heavy atom. The Labute approximate surface area is 245 Å². The van der Waals surface area contributed by atoms with Crippen LogP contribution in [-0.4, -0.2) is 57.1 Å². The second kappa shape index (κ2) is 14.4. The topological polar surface area (TPSA) is 96.0 Å². The average Bonchev–Trinajstić information content (AvgIpc) is 2.95. The van der Waals surface area contributed by atoms with Crippen molar-refractivity contribution in [1.29, 1.82) is 0 Å². The molecule has 0 aromatic heterocycles. The normalized spacial score (nSPS) is 11.9. The van der Waals surface area contributed by atoms with Crippen molar-refractivity contribution in [2.24, 2.45) is 0 Å². The van der Waals surface area contributed by atoms with E-state index in [4.69, 9.17) is 16.3 Å². The van der Waals surface area contributed by atoms with E-state index < -0.39 is 28.5 Å². The quantitative estimate of drug-likeness (QED) is 0.270. The number of carbonyl (C=O) groups is 2. The standard InChI is InChI=1S/C29H34ClN3O5S2/c1-5-31-29(35)21(3)32(19-22-11-13-23(30)14-12-22)28(34)20-33(26-9-7-8-10-27(26)38-6-2)40(36,37)25-17-15-24(39-4)16-18-25/h7-18,21H,5-6,19-20H2,1-4H3,(H,31,35). The third-order valence-electron chi connectivity index (χ3n) is 6.14. The summed E-state index contributed by atoms with van der Waals surface area (Å²) in [6, 6.07) is 19.2. The summed E-state index contributed by atoms with van der Waals surface area (Å²) in [6.45, 7) is 5.43. The van der Waals surface area contributed by atoms with Crippen LogP contribution in [0.4, 0.5) is 5.69 Å². The van der Waals surface area contributed by atoms with E-state index in [0.29, 0.717) is 23.9 Å². The largest absolute Gasteiger partial charge is 0.492 e. The smallest absolute Gasteiger partial charge is 0.264 e. The maximum absolute atomic E-state index is 14.0. The number of amides is 2. The molecule has 0 spiro atoms. The van der Waals surface area contributed by atoms with Crippen LogP contribution in [0.1, 0.15) is 26.3 Å². The number of nitrogens with zero attached hydrogens (tertiary/aromatic N) is 2. The van der Waals surface area contributed by atoms with Crippen molar-refractivity contribution in [1.82, 2.24) is 10.2 Å². The fourth-order valence-electron chi connectivity index (χ4n) is 4.02. The van der Waals surface area contributed by atoms with E-state index in [2.05, 4.69) is 5.32 Å². The highest BCUT2D eigenvalue weighted by Gasteiger charge is 2.33. The molecule has 40 heavy (non-hydrogen) atoms. The number of carbonyl (C=O) groups excluding carboxylic acids is 2. The summed E-state index contributed by atoms with van der Waals surface area (Å²) in [6.07, 6.45) is 1.90. The number of hydrogen-bond acceptors (Lipinski definition) is 6. The second-order valence-corrected chi connectivity index (χ2v) is 12.0. The van der Waals surface area contributed by atoms with Gasteiger partial charge in [-0.15, -0.1) is 11.8 Å². The first-order valence-electron chi connectivity index (χ1n) is 12.8. The first kappa shape index (κ1) is 31.3. The summed E-state index contributed by atoms with van der Waals surface area (Å²) in [7, 11) is -4.20. The van der Waals surface area contributed by atoms with Crippen LogP contribution in [0, 0.1) is 0 Å². The zero-order chi connectivity index (χ0) is 29.3. The molecule has 0 fully saturated rings. The second-order valence-electron chi connectivity index (χ2n) is 8.81. The van der Waals surface area contributed by atoms with E-state index in [1.807, 2.05) is 6.26 Å². The van der Waals surface area contributed by atoms with Gasteiger partial charge in [0.2, 0.25) is 11.8 Å². The molecule has 0 aliphatic carbocycles. The first-order chi connectivity index (χ1) is 19.1. The van der Waals surface area contributed by atoms with Crippen molar-refractivity contribution >= 4 is 50.9 Å². The molecule has 8 nitrogen and oxygen atoms in total. The molecule has 0 radical (unpaired) electrons. The molecule has 0 aliphatic rings. The van der Waals surface area contributed by atoms with Gasteiger partial charge in [-0.3, -0.25) is 13.9 Å². The zero-order valence-electron chi connectivity index (χ0n) is 23.0. The van der Waals surface area contributed by atoms with Gasteiger partial charge in [0.15, 0.2) is 0 Å². The number of likely N-dealkylation sites (N-methyl/N-ethyl adjacent to an activating group) is 1. The van der Waals surface area contributed by atoms with Crippen LogP contribution in [0.15, 0.2) is 82.6 Å². The van der Waals surface area contributed by atoms with Crippen molar-refractivity contribution in [3.05, 3.63) is 83.4 Å². The molecule has 214 valence electrons. The molecule has 2 amide bonds. The Morgan fingerprint density at radius 1 is 1.00 bits per heavy atom. The Balaban J connectivity index is 2.08. The average molecular weight is 604 g/mol. The van der Waals surface area contributed by atoms with Gasteiger partial charge in [-0.2, -0.15) is 0 Å². The number of thioether (sulfide) groups is 1. The van der Waals surface area contributed by atoms with Crippen molar-refractivity contribution in [2.75, 3.05) is 30.3 Å². The summed E-state index contributed by atoms with van der Waals surface area (Å²) in [5.41, 5.74) is 0.967. The monoisotopic (exact) mass is 603 g/mol. The van der Waals surface area contributed by atoms with Gasteiger partial charge in [-0.1, -0.05) is 35.9 Å². The molecule has 1 N–H and O–H groups in total. The van der Waals surface area contributed by atoms with Crippen LogP contribution in [0.25, 0.3) is 0 Å². The molecular weight excluding hydrogens is 570 g/mol. The lowest BCUT2D eigenvalue weighted by molar-refractivity contribution is -0.139. The van der Waals surface area contributed by atoms with Crippen LogP contribution in [0.3, 0.4) is 0 Å². The van der Waals surface area contributed by atoms with Gasteiger partial charge in [-0.05, 0) is 81.1 Å². The predicted octanol–water partition coefficient (Wildman–Crippen LogP) is 5.21. The number of hydrogen-bond donors (Lipinski definition) is 1. The van der Waals surface area contributed by atoms with Gasteiger partial charge < -0.3 is 15.0 Å². The summed E-state index contributed by atoms with van der Waals surface area (Å²) in [5.74, 6) is -0.575. The Morgan fingerprint density at radius 2 is 1.65 bits per heavy atom. The molecule has 1 atom stereocenters. The molecule has 0 saturated carbocycles. The summed E-state index contributed by atoms with van der Waals surface area (Å²) in [5, 5.41) is 3.28. The molecule has 3 rings (SSSR count). The van der Waals surface area contributed by atoms with Gasteiger partial charge in [0.1, 0.15) is 18.3 Å². The third kappa shape index (κ3) is 7.71. The van der Waals surface area contributed by atoms with Gasteiger partial charge >= 0.3 is 0 Å². The van der Waals surface area contributed by atoms with Crippen LogP contribution in [0.2, 0.25) is 5.02 Å². The van der Waals surface area contributed by atoms with E-state index in [9.17, 15) is 18.0 Å². The van der Waals surface area contributed by atoms with Gasteiger partial charge in [0, 0.05) is 23.0 Å². The third-order valence-corrected chi connectivity index (χ3v) is 8.91. The molecule has 0 heterocycles. The van der Waals surface area contributed by atoms with Gasteiger partial charge in [-0.25, -0.2) is 8.42 Å². The van der Waals surface area contributed by atoms with Gasteiger partial charge in [0.05, 0.1) is 17.2 Å². The van der Waals surface area contributed by atoms with Crippen LogP contribution >= 0.6 is 23.4 Å². The van der Waals surface area contributed by atoms with Crippen LogP contribution in [0.5, 0.6) is 5.75 Å². The highest BCUT2D eigenvalue weighted by atomic mass is 35.5. The van der Waals surface area contributed by atoms with E-state index >= 15 is 0 Å². The van der Waals surface area contributed by atoms with E-state index in [1.54, 1.807) is 81.4 Å². The van der Waals surface area contributed by atoms with Crippen LogP contribution < -0.4 is 14.4 Å². The lowest BCUT2D eigenvalue weighted by Crippen LogP contribution is -2.51. The first-order valence-corrected chi connectivity index (χ1v) is 15.9. The van der Waals surface area contributed by atoms with Crippen molar-refractivity contribution in [3.63, 3.8) is 0 Å². The fraction of sp³-hybridized carbons (Fsp3) is 0.310. The molecule has 0 bridgehead atoms. The Kier molecular flexibility index (Phi) is 11.3. The molecule has 11 heteroatoms. The molecule has 3 aromatic carbocycles. The van der Waals surface area contributed by atoms with E-state index in [0.717, 1.165) is 14.8 Å². The number of ether oxygens (including phenoxy) is 1. The summed E-state index contributed by atoms with van der Waals surface area (Å²) >= 11 is 7.53. The number of nitrogens with one attached hydrogen (secondary N) is 1. The van der Waals surface area contributed by atoms with Crippen molar-refractivity contribution in [2.45, 2.75) is 43.1 Å². The fourth-order valence-corrected chi connectivity index (χ4v) is 5.98. The molecular formula is C29H34ClN3O5S2. The number of anilines is 1. The van der Waals surface area contributed by atoms with Gasteiger partial charge in [0.25, 0.3) is 10.0 Å². The maximum Gasteiger partial charge on any atom is 0.264 e. The summed E-state index contributed by atoms with van der Waals surface area (Å²) in [4.78, 5) is 29.1. The highest BCUT2D eigenvalue weighted by molar-refractivity contribution is 7.98. The molecule has 1 unspecified atom stereocenters. The number of rotatable bonds is 13. The number of halogens is 1. The number of sulfonamides is 1. The van der Waals surface area contributed by atoms with E-state index in [1.165, 1.54) is 28.8 Å². The minimum absolute atomic E-state index is 0.0328. The SMILES string of the molecule is CCNC(=O)C(C)N(Cc1ccc(Cl)cc1)C(=O)CN(c1ccccc1OCC)S(=O)(=O)c1ccc(SC)cc1. The number of para-hydroxylation sites is 2. The minimum atomic E-state index is -4.20. The zero-order valence-corrected chi connectivity index (χ0v) is 25.4. The highest BCUT2D eigenvalue weighted by Crippen LogP contribution is 2.33. The molecule has 0 aliphatic heterocycles. The number of benzene rings is 3. The molecule has 0 saturated heterocycles. The lowest BCUT2D eigenvalue weighted by Gasteiger charge is -2.32. The van der Waals surface area contributed by atoms with E-state index in [-0.39, 0.29) is 23.0 Å². The van der Waals surface area contributed by atoms with Crippen molar-refractivity contribution < 1.29 is 22.7 Å². The maximum atomic E-state index is 14.0. The Bertz CT molecular complexity index is 1400. The summed E-state index contributed by atoms with van der Waals surface area (Å²) < 4.78 is 34.9. The molecule has 3 aromatic rings. The van der Waals surface area contributed by atoms with Crippen molar-refractivity contribution in [3.8, 4) is 5.75 Å². The minimum Gasteiger partial charge on any atom is -0.492 e. The predicted molar refractivity (Wildman–Crippen MR) is 161 cm³/mol. The van der Waals surface area contributed by atoms with Crippen LogP contribution in [-0.2, 0) is 26.2 Å². The lowest BCUT2D eigenvalue weighted by atomic mass is 10.1.